The van der Waals surface area contributed by atoms with Crippen LogP contribution < -0.4 is 4.90 Å². The van der Waals surface area contributed by atoms with Gasteiger partial charge in [0.15, 0.2) is 0 Å². The molecule has 2 fully saturated rings. The number of hydrogen-bond acceptors (Lipinski definition) is 6. The van der Waals surface area contributed by atoms with Crippen molar-refractivity contribution in [3.8, 4) is 11.3 Å². The average Bonchev–Trinajstić information content (AvgIpc) is 3.25. The van der Waals surface area contributed by atoms with Gasteiger partial charge in [-0.05, 0) is 38.3 Å². The van der Waals surface area contributed by atoms with E-state index in [1.165, 1.54) is 12.6 Å². The second-order valence-electron chi connectivity index (χ2n) is 9.93. The smallest absolute Gasteiger partial charge is 0.412 e. The lowest BCUT2D eigenvalue weighted by molar-refractivity contribution is 0.109. The van der Waals surface area contributed by atoms with Crippen molar-refractivity contribution >= 4 is 22.8 Å². The SMILES string of the molecule is CN1CCN(Cc2ccc(-c3nn([C@H]4CC[C@H](O)CC4)c4cc(N(C)C(=O)O)ncc34)cc2)CC1. The van der Waals surface area contributed by atoms with Gasteiger partial charge in [-0.3, -0.25) is 14.5 Å². The Hall–Kier alpha value is -3.01. The molecule has 0 unspecified atom stereocenters. The van der Waals surface area contributed by atoms with Crippen LogP contribution in [0.3, 0.4) is 0 Å². The van der Waals surface area contributed by atoms with E-state index in [4.69, 9.17) is 5.10 Å². The molecule has 9 nitrogen and oxygen atoms in total. The summed E-state index contributed by atoms with van der Waals surface area (Å²) in [7, 11) is 3.66. The van der Waals surface area contributed by atoms with Gasteiger partial charge in [0.05, 0.1) is 17.7 Å². The zero-order chi connectivity index (χ0) is 24.5. The molecule has 9 heteroatoms. The van der Waals surface area contributed by atoms with Crippen molar-refractivity contribution in [2.24, 2.45) is 0 Å². The average molecular weight is 479 g/mol. The fourth-order valence-corrected chi connectivity index (χ4v) is 5.13. The van der Waals surface area contributed by atoms with Crippen LogP contribution in [0, 0.1) is 0 Å². The first-order valence-corrected chi connectivity index (χ1v) is 12.4. The molecular weight excluding hydrogens is 444 g/mol. The number of benzene rings is 1. The summed E-state index contributed by atoms with van der Waals surface area (Å²) in [5.41, 5.74) is 4.04. The predicted molar refractivity (Wildman–Crippen MR) is 136 cm³/mol. The molecule has 1 aliphatic carbocycles. The van der Waals surface area contributed by atoms with Crippen LogP contribution >= 0.6 is 0 Å². The van der Waals surface area contributed by atoms with Gasteiger partial charge < -0.3 is 15.1 Å². The molecule has 186 valence electrons. The number of pyridine rings is 1. The maximum Gasteiger partial charge on any atom is 0.412 e. The first-order valence-electron chi connectivity index (χ1n) is 12.4. The van der Waals surface area contributed by atoms with Gasteiger partial charge in [0.2, 0.25) is 0 Å². The Labute approximate surface area is 205 Å². The molecular formula is C26H34N6O3. The van der Waals surface area contributed by atoms with Crippen molar-refractivity contribution in [1.29, 1.82) is 0 Å². The summed E-state index contributed by atoms with van der Waals surface area (Å²) in [6, 6.07) is 10.6. The largest absolute Gasteiger partial charge is 0.465 e. The zero-order valence-corrected chi connectivity index (χ0v) is 20.5. The number of likely N-dealkylation sites (N-methyl/N-ethyl adjacent to an activating group) is 1. The van der Waals surface area contributed by atoms with Crippen molar-refractivity contribution in [2.75, 3.05) is 45.2 Å². The van der Waals surface area contributed by atoms with Crippen molar-refractivity contribution in [3.05, 3.63) is 42.1 Å². The third-order valence-electron chi connectivity index (χ3n) is 7.45. The van der Waals surface area contributed by atoms with Gasteiger partial charge in [-0.2, -0.15) is 5.10 Å². The molecule has 1 saturated carbocycles. The maximum atomic E-state index is 11.5. The van der Waals surface area contributed by atoms with Gasteiger partial charge in [0.25, 0.3) is 0 Å². The summed E-state index contributed by atoms with van der Waals surface area (Å²) < 4.78 is 2.02. The molecule has 1 aliphatic heterocycles. The number of carboxylic acid groups (broad SMARTS) is 1. The zero-order valence-electron chi connectivity index (χ0n) is 20.5. The van der Waals surface area contributed by atoms with Crippen molar-refractivity contribution in [1.82, 2.24) is 24.6 Å². The molecule has 3 aromatic rings. The minimum absolute atomic E-state index is 0.163. The number of hydrogen-bond donors (Lipinski definition) is 2. The van der Waals surface area contributed by atoms with Gasteiger partial charge in [-0.1, -0.05) is 24.3 Å². The number of aromatic nitrogens is 3. The number of amides is 1. The van der Waals surface area contributed by atoms with Gasteiger partial charge in [-0.15, -0.1) is 0 Å². The van der Waals surface area contributed by atoms with Crippen LogP contribution in [-0.4, -0.2) is 87.2 Å². The van der Waals surface area contributed by atoms with Crippen LogP contribution in [0.4, 0.5) is 10.6 Å². The summed E-state index contributed by atoms with van der Waals surface area (Å²) in [5.74, 6) is 0.371. The quantitative estimate of drug-likeness (QED) is 0.580. The van der Waals surface area contributed by atoms with Gasteiger partial charge in [0.1, 0.15) is 11.5 Å². The lowest BCUT2D eigenvalue weighted by atomic mass is 9.93. The summed E-state index contributed by atoms with van der Waals surface area (Å²) >= 11 is 0. The number of aliphatic hydroxyl groups excluding tert-OH is 1. The Morgan fingerprint density at radius 1 is 1.09 bits per heavy atom. The first-order chi connectivity index (χ1) is 16.9. The second kappa shape index (κ2) is 9.93. The molecule has 0 atom stereocenters. The van der Waals surface area contributed by atoms with Crippen LogP contribution in [0.25, 0.3) is 22.2 Å². The highest BCUT2D eigenvalue weighted by Crippen LogP contribution is 2.36. The van der Waals surface area contributed by atoms with Crippen LogP contribution in [0.15, 0.2) is 36.5 Å². The Bertz CT molecular complexity index is 1180. The molecule has 5 rings (SSSR count). The standard InChI is InChI=1S/C26H34N6O3/c1-29-11-13-31(14-12-29)17-18-3-5-19(6-4-18)25-22-16-27-24(30(2)26(34)35)15-23(22)32(28-25)20-7-9-21(33)10-8-20/h3-6,15-16,20-21,33H,7-14,17H2,1-2H3,(H,34,35)/t20-,21-. The lowest BCUT2D eigenvalue weighted by Gasteiger charge is -2.32. The number of rotatable bonds is 5. The third-order valence-corrected chi connectivity index (χ3v) is 7.45. The van der Waals surface area contributed by atoms with Crippen LogP contribution in [0.5, 0.6) is 0 Å². The molecule has 0 radical (unpaired) electrons. The molecule has 35 heavy (non-hydrogen) atoms. The third kappa shape index (κ3) is 5.03. The normalized spacial score (nSPS) is 21.9. The van der Waals surface area contributed by atoms with Gasteiger partial charge in [-0.25, -0.2) is 9.78 Å². The van der Waals surface area contributed by atoms with E-state index in [-0.39, 0.29) is 12.1 Å². The van der Waals surface area contributed by atoms with E-state index in [1.54, 1.807) is 6.20 Å². The minimum Gasteiger partial charge on any atom is -0.465 e. The van der Waals surface area contributed by atoms with Crippen LogP contribution in [0.2, 0.25) is 0 Å². The Morgan fingerprint density at radius 3 is 2.43 bits per heavy atom. The number of anilines is 1. The Kier molecular flexibility index (Phi) is 6.73. The molecule has 2 aromatic heterocycles. The van der Waals surface area contributed by atoms with E-state index in [1.807, 2.05) is 10.7 Å². The first kappa shape index (κ1) is 23.7. The van der Waals surface area contributed by atoms with E-state index in [9.17, 15) is 15.0 Å². The van der Waals surface area contributed by atoms with E-state index in [0.29, 0.717) is 5.82 Å². The molecule has 0 bridgehead atoms. The highest BCUT2D eigenvalue weighted by molar-refractivity contribution is 5.95. The number of carbonyl (C=O) groups is 1. The monoisotopic (exact) mass is 478 g/mol. The van der Waals surface area contributed by atoms with E-state index >= 15 is 0 Å². The lowest BCUT2D eigenvalue weighted by Crippen LogP contribution is -2.43. The molecule has 1 saturated heterocycles. The van der Waals surface area contributed by atoms with Gasteiger partial charge in [0, 0.05) is 63.0 Å². The van der Waals surface area contributed by atoms with E-state index in [0.717, 1.165) is 85.5 Å². The predicted octanol–water partition coefficient (Wildman–Crippen LogP) is 3.44. The fourth-order valence-electron chi connectivity index (χ4n) is 5.13. The van der Waals surface area contributed by atoms with E-state index < -0.39 is 6.09 Å². The summed E-state index contributed by atoms with van der Waals surface area (Å²) in [6.45, 7) is 5.32. The summed E-state index contributed by atoms with van der Waals surface area (Å²) in [6.07, 6.45) is 3.60. The Balaban J connectivity index is 1.46. The minimum atomic E-state index is -1.06. The van der Waals surface area contributed by atoms with Crippen LogP contribution in [-0.2, 0) is 6.54 Å². The molecule has 3 heterocycles. The second-order valence-corrected chi connectivity index (χ2v) is 9.93. The summed E-state index contributed by atoms with van der Waals surface area (Å²) in [5, 5.41) is 25.3. The molecule has 0 spiro atoms. The topological polar surface area (TPSA) is 98.0 Å². The molecule has 1 aromatic carbocycles. The van der Waals surface area contributed by atoms with Crippen molar-refractivity contribution in [3.63, 3.8) is 0 Å². The highest BCUT2D eigenvalue weighted by atomic mass is 16.4. The number of piperazine rings is 1. The van der Waals surface area contributed by atoms with E-state index in [2.05, 4.69) is 46.1 Å². The number of fused-ring (bicyclic) bond motifs is 1. The van der Waals surface area contributed by atoms with Gasteiger partial charge >= 0.3 is 6.09 Å². The number of nitrogens with zero attached hydrogens (tertiary/aromatic N) is 6. The molecule has 2 aliphatic rings. The number of aliphatic hydroxyl groups is 1. The summed E-state index contributed by atoms with van der Waals surface area (Å²) in [4.78, 5) is 21.9. The Morgan fingerprint density at radius 2 is 1.77 bits per heavy atom. The molecule has 1 amide bonds. The fraction of sp³-hybridized carbons (Fsp3) is 0.500. The highest BCUT2D eigenvalue weighted by Gasteiger charge is 2.25. The van der Waals surface area contributed by atoms with Crippen molar-refractivity contribution < 1.29 is 15.0 Å². The molecule has 2 N–H and O–H groups in total. The van der Waals surface area contributed by atoms with Crippen molar-refractivity contribution in [2.45, 2.75) is 44.4 Å². The van der Waals surface area contributed by atoms with Crippen LogP contribution in [0.1, 0.15) is 37.3 Å². The maximum absolute atomic E-state index is 11.5.